The second-order valence-electron chi connectivity index (χ2n) is 4.01. The molecule has 0 aliphatic heterocycles. The Balaban J connectivity index is 2.18. The number of carboxylic acid groups (broad SMARTS) is 1. The number of hydrogen-bond donors (Lipinski definition) is 1. The molecule has 1 aliphatic carbocycles. The minimum Gasteiger partial charge on any atom is -0.481 e. The van der Waals surface area contributed by atoms with Crippen molar-refractivity contribution in [1.82, 2.24) is 0 Å². The molecular formula is C12H11NO2. The van der Waals surface area contributed by atoms with E-state index in [4.69, 9.17) is 10.4 Å². The van der Waals surface area contributed by atoms with Crippen LogP contribution in [-0.4, -0.2) is 11.1 Å². The molecule has 0 unspecified atom stereocenters. The summed E-state index contributed by atoms with van der Waals surface area (Å²) >= 11 is 0. The lowest BCUT2D eigenvalue weighted by atomic mass is 9.94. The highest BCUT2D eigenvalue weighted by Crippen LogP contribution is 2.54. The third-order valence-corrected chi connectivity index (χ3v) is 3.02. The zero-order chi connectivity index (χ0) is 10.9. The number of nitrogens with zero attached hydrogens (tertiary/aromatic N) is 1. The Kier molecular flexibility index (Phi) is 2.20. The quantitative estimate of drug-likeness (QED) is 0.811. The summed E-state index contributed by atoms with van der Waals surface area (Å²) in [5.41, 5.74) is 0.161. The van der Waals surface area contributed by atoms with Crippen LogP contribution in [0.2, 0.25) is 0 Å². The third kappa shape index (κ3) is 1.59. The lowest BCUT2D eigenvalue weighted by Gasteiger charge is -2.09. The average molecular weight is 201 g/mol. The Bertz CT molecular complexity index is 421. The summed E-state index contributed by atoms with van der Waals surface area (Å²) in [6.45, 7) is 0. The van der Waals surface area contributed by atoms with Crippen molar-refractivity contribution in [3.8, 4) is 6.07 Å². The summed E-state index contributed by atoms with van der Waals surface area (Å²) in [6, 6.07) is 11.5. The van der Waals surface area contributed by atoms with Gasteiger partial charge < -0.3 is 5.11 Å². The molecule has 76 valence electrons. The fourth-order valence-corrected chi connectivity index (χ4v) is 1.94. The molecule has 15 heavy (non-hydrogen) atoms. The highest BCUT2D eigenvalue weighted by atomic mass is 16.4. The van der Waals surface area contributed by atoms with Gasteiger partial charge in [-0.2, -0.15) is 5.26 Å². The Morgan fingerprint density at radius 3 is 2.67 bits per heavy atom. The van der Waals surface area contributed by atoms with E-state index in [1.165, 1.54) is 0 Å². The maximum Gasteiger partial charge on any atom is 0.311 e. The molecular weight excluding hydrogens is 190 g/mol. The highest BCUT2D eigenvalue weighted by molar-refractivity contribution is 5.80. The minimum absolute atomic E-state index is 0.324. The first kappa shape index (κ1) is 9.72. The molecule has 0 saturated heterocycles. The van der Waals surface area contributed by atoms with E-state index in [9.17, 15) is 4.79 Å². The van der Waals surface area contributed by atoms with E-state index in [2.05, 4.69) is 6.07 Å². The number of carbonyl (C=O) groups is 1. The van der Waals surface area contributed by atoms with E-state index in [0.29, 0.717) is 12.8 Å². The monoisotopic (exact) mass is 201 g/mol. The number of rotatable bonds is 3. The van der Waals surface area contributed by atoms with Gasteiger partial charge in [-0.1, -0.05) is 30.3 Å². The normalized spacial score (nSPS) is 28.1. The number of benzene rings is 1. The van der Waals surface area contributed by atoms with E-state index < -0.39 is 11.4 Å². The number of nitriles is 1. The summed E-state index contributed by atoms with van der Waals surface area (Å²) in [6.07, 6.45) is 0.940. The number of hydrogen-bond acceptors (Lipinski definition) is 2. The zero-order valence-corrected chi connectivity index (χ0v) is 8.18. The number of carboxylic acids is 1. The molecule has 3 nitrogen and oxygen atoms in total. The fraction of sp³-hybridized carbons (Fsp3) is 0.333. The van der Waals surface area contributed by atoms with Gasteiger partial charge in [0.25, 0.3) is 0 Å². The molecule has 2 rings (SSSR count). The molecule has 1 aromatic carbocycles. The Labute approximate surface area is 88.0 Å². The van der Waals surface area contributed by atoms with Crippen molar-refractivity contribution in [3.63, 3.8) is 0 Å². The van der Waals surface area contributed by atoms with Crippen LogP contribution < -0.4 is 0 Å². The molecule has 3 heteroatoms. The van der Waals surface area contributed by atoms with Crippen molar-refractivity contribution in [3.05, 3.63) is 35.9 Å². The molecule has 1 aromatic rings. The molecule has 0 amide bonds. The smallest absolute Gasteiger partial charge is 0.311 e. The molecule has 0 spiro atoms. The van der Waals surface area contributed by atoms with Crippen molar-refractivity contribution < 1.29 is 9.90 Å². The summed E-state index contributed by atoms with van der Waals surface area (Å²) < 4.78 is 0. The van der Waals surface area contributed by atoms with E-state index in [1.807, 2.05) is 30.3 Å². The largest absolute Gasteiger partial charge is 0.481 e. The van der Waals surface area contributed by atoms with Crippen molar-refractivity contribution in [2.24, 2.45) is 11.3 Å². The molecule has 1 N–H and O–H groups in total. The first-order valence-corrected chi connectivity index (χ1v) is 4.86. The van der Waals surface area contributed by atoms with Crippen LogP contribution in [0.5, 0.6) is 0 Å². The first-order chi connectivity index (χ1) is 7.19. The third-order valence-electron chi connectivity index (χ3n) is 3.02. The van der Waals surface area contributed by atoms with Crippen LogP contribution in [-0.2, 0) is 11.2 Å². The second kappa shape index (κ2) is 3.39. The van der Waals surface area contributed by atoms with E-state index in [0.717, 1.165) is 5.56 Å². The van der Waals surface area contributed by atoms with Gasteiger partial charge in [0.15, 0.2) is 0 Å². The molecule has 0 bridgehead atoms. The van der Waals surface area contributed by atoms with Gasteiger partial charge in [0.2, 0.25) is 0 Å². The fourth-order valence-electron chi connectivity index (χ4n) is 1.94. The maximum atomic E-state index is 11.1. The Hall–Kier alpha value is -1.82. The highest BCUT2D eigenvalue weighted by Gasteiger charge is 2.60. The predicted octanol–water partition coefficient (Wildman–Crippen LogP) is 1.84. The van der Waals surface area contributed by atoms with Crippen LogP contribution in [0.25, 0.3) is 0 Å². The van der Waals surface area contributed by atoms with Crippen LogP contribution in [0.3, 0.4) is 0 Å². The van der Waals surface area contributed by atoms with Gasteiger partial charge in [-0.15, -0.1) is 0 Å². The van der Waals surface area contributed by atoms with Crippen molar-refractivity contribution in [2.45, 2.75) is 12.8 Å². The number of aliphatic carboxylic acids is 1. The lowest BCUT2D eigenvalue weighted by molar-refractivity contribution is -0.143. The van der Waals surface area contributed by atoms with Gasteiger partial charge in [-0.3, -0.25) is 4.79 Å². The molecule has 0 radical (unpaired) electrons. The Morgan fingerprint density at radius 1 is 1.53 bits per heavy atom. The summed E-state index contributed by atoms with van der Waals surface area (Å²) in [5.74, 6) is -1.17. The minimum atomic E-state index is -0.849. The van der Waals surface area contributed by atoms with Gasteiger partial charge in [0.1, 0.15) is 0 Å². The summed E-state index contributed by atoms with van der Waals surface area (Å²) in [7, 11) is 0. The van der Waals surface area contributed by atoms with Gasteiger partial charge in [0, 0.05) is 0 Å². The van der Waals surface area contributed by atoms with E-state index in [1.54, 1.807) is 0 Å². The molecule has 2 atom stereocenters. The molecule has 0 aromatic heterocycles. The van der Waals surface area contributed by atoms with E-state index >= 15 is 0 Å². The second-order valence-corrected chi connectivity index (χ2v) is 4.01. The van der Waals surface area contributed by atoms with Crippen LogP contribution in [0.4, 0.5) is 0 Å². The molecule has 1 aliphatic rings. The molecule has 1 saturated carbocycles. The molecule has 0 heterocycles. The molecule has 1 fully saturated rings. The summed E-state index contributed by atoms with van der Waals surface area (Å²) in [4.78, 5) is 11.1. The van der Waals surface area contributed by atoms with Gasteiger partial charge in [-0.05, 0) is 18.4 Å². The van der Waals surface area contributed by atoms with Gasteiger partial charge in [0.05, 0.1) is 17.4 Å². The van der Waals surface area contributed by atoms with Crippen molar-refractivity contribution in [1.29, 1.82) is 5.26 Å². The van der Waals surface area contributed by atoms with Crippen LogP contribution in [0.15, 0.2) is 30.3 Å². The summed E-state index contributed by atoms with van der Waals surface area (Å²) in [5, 5.41) is 17.9. The maximum absolute atomic E-state index is 11.1. The first-order valence-electron chi connectivity index (χ1n) is 4.86. The van der Waals surface area contributed by atoms with Crippen LogP contribution in [0, 0.1) is 22.7 Å². The Morgan fingerprint density at radius 2 is 2.20 bits per heavy atom. The van der Waals surface area contributed by atoms with E-state index in [-0.39, 0.29) is 5.92 Å². The van der Waals surface area contributed by atoms with Crippen LogP contribution in [0.1, 0.15) is 12.0 Å². The van der Waals surface area contributed by atoms with Gasteiger partial charge >= 0.3 is 5.97 Å². The predicted molar refractivity (Wildman–Crippen MR) is 53.9 cm³/mol. The van der Waals surface area contributed by atoms with Crippen molar-refractivity contribution >= 4 is 5.97 Å². The topological polar surface area (TPSA) is 61.1 Å². The SMILES string of the molecule is N#C[C@H]1C[C@@]1(Cc1ccccc1)C(=O)O. The van der Waals surface area contributed by atoms with Crippen LogP contribution >= 0.6 is 0 Å². The van der Waals surface area contributed by atoms with Crippen molar-refractivity contribution in [2.75, 3.05) is 0 Å². The zero-order valence-electron chi connectivity index (χ0n) is 8.18. The standard InChI is InChI=1S/C12H11NO2/c13-8-10-7-12(10,11(14)15)6-9-4-2-1-3-5-9/h1-5,10H,6-7H2,(H,14,15)/t10-,12-/m1/s1. The van der Waals surface area contributed by atoms with Gasteiger partial charge in [-0.25, -0.2) is 0 Å². The lowest BCUT2D eigenvalue weighted by Crippen LogP contribution is -2.20. The average Bonchev–Trinajstić information content (AvgIpc) is 2.94.